The largest absolute Gasteiger partial charge is 0.486 e. The Labute approximate surface area is 214 Å². The molecular weight excluding hydrogens is 530 g/mol. The minimum absolute atomic E-state index is 0.0663. The lowest BCUT2D eigenvalue weighted by atomic mass is 10.1. The summed E-state index contributed by atoms with van der Waals surface area (Å²) >= 11 is 30.7. The van der Waals surface area contributed by atoms with E-state index in [2.05, 4.69) is 5.32 Å². The van der Waals surface area contributed by atoms with Gasteiger partial charge in [0.1, 0.15) is 12.3 Å². The van der Waals surface area contributed by atoms with Crippen LogP contribution in [0.25, 0.3) is 6.08 Å². The lowest BCUT2D eigenvalue weighted by molar-refractivity contribution is -0.113. The summed E-state index contributed by atoms with van der Waals surface area (Å²) < 4.78 is 5.75. The van der Waals surface area contributed by atoms with Crippen LogP contribution in [0.15, 0.2) is 60.3 Å². The SMILES string of the molecule is O=C1N/C(=C/c2cc(Cl)c(OCc3ccc(Cl)c(Cl)c3)c(Cl)c2)C(=O)N1c1cccc(Cl)c1. The summed E-state index contributed by atoms with van der Waals surface area (Å²) in [7, 11) is 0. The molecule has 5 nitrogen and oxygen atoms in total. The molecule has 10 heteroatoms. The fourth-order valence-electron chi connectivity index (χ4n) is 3.14. The number of hydrogen-bond donors (Lipinski definition) is 1. The third-order valence-corrected chi connectivity index (χ3v) is 6.18. The van der Waals surface area contributed by atoms with Crippen LogP contribution in [0.5, 0.6) is 5.75 Å². The first kappa shape index (κ1) is 23.7. The Morgan fingerprint density at radius 1 is 0.848 bits per heavy atom. The number of ether oxygens (including phenoxy) is 1. The van der Waals surface area contributed by atoms with Gasteiger partial charge in [0.2, 0.25) is 0 Å². The van der Waals surface area contributed by atoms with Crippen molar-refractivity contribution >= 4 is 81.7 Å². The predicted molar refractivity (Wildman–Crippen MR) is 133 cm³/mol. The Morgan fingerprint density at radius 3 is 2.24 bits per heavy atom. The Hall–Kier alpha value is -2.41. The van der Waals surface area contributed by atoms with Crippen LogP contribution in [0.4, 0.5) is 10.5 Å². The van der Waals surface area contributed by atoms with Crippen LogP contribution in [0.3, 0.4) is 0 Å². The Kier molecular flexibility index (Phi) is 7.07. The third-order valence-electron chi connectivity index (χ3n) is 4.64. The zero-order valence-corrected chi connectivity index (χ0v) is 20.3. The number of carbonyl (C=O) groups is 2. The van der Waals surface area contributed by atoms with Crippen molar-refractivity contribution < 1.29 is 14.3 Å². The molecule has 168 valence electrons. The first-order chi connectivity index (χ1) is 15.7. The monoisotopic (exact) mass is 540 g/mol. The summed E-state index contributed by atoms with van der Waals surface area (Å²) in [6.07, 6.45) is 1.48. The van der Waals surface area contributed by atoms with Crippen molar-refractivity contribution in [1.29, 1.82) is 0 Å². The molecule has 3 aromatic rings. The van der Waals surface area contributed by atoms with Crippen LogP contribution in [0.2, 0.25) is 25.1 Å². The lowest BCUT2D eigenvalue weighted by Crippen LogP contribution is -2.30. The quantitative estimate of drug-likeness (QED) is 0.266. The molecule has 0 atom stereocenters. The molecule has 4 rings (SSSR count). The molecular formula is C23H13Cl5N2O3. The highest BCUT2D eigenvalue weighted by Crippen LogP contribution is 2.36. The van der Waals surface area contributed by atoms with Crippen molar-refractivity contribution in [2.75, 3.05) is 4.90 Å². The molecule has 0 aliphatic carbocycles. The van der Waals surface area contributed by atoms with Gasteiger partial charge in [-0.25, -0.2) is 9.69 Å². The Morgan fingerprint density at radius 2 is 1.58 bits per heavy atom. The van der Waals surface area contributed by atoms with E-state index in [0.717, 1.165) is 10.5 Å². The van der Waals surface area contributed by atoms with E-state index in [1.165, 1.54) is 12.1 Å². The van der Waals surface area contributed by atoms with Crippen molar-refractivity contribution in [2.45, 2.75) is 6.61 Å². The number of benzene rings is 3. The molecule has 0 bridgehead atoms. The molecule has 1 heterocycles. The second kappa shape index (κ2) is 9.84. The van der Waals surface area contributed by atoms with Gasteiger partial charge in [0.05, 0.1) is 25.8 Å². The lowest BCUT2D eigenvalue weighted by Gasteiger charge is -2.12. The van der Waals surface area contributed by atoms with Gasteiger partial charge < -0.3 is 10.1 Å². The molecule has 0 unspecified atom stereocenters. The van der Waals surface area contributed by atoms with Gasteiger partial charge in [0.15, 0.2) is 5.75 Å². The van der Waals surface area contributed by atoms with Gasteiger partial charge in [-0.15, -0.1) is 0 Å². The first-order valence-electron chi connectivity index (χ1n) is 9.41. The number of halogens is 5. The zero-order valence-electron chi connectivity index (χ0n) is 16.5. The number of anilines is 1. The molecule has 33 heavy (non-hydrogen) atoms. The molecule has 0 saturated carbocycles. The molecule has 0 aromatic heterocycles. The number of amides is 3. The van der Waals surface area contributed by atoms with Crippen molar-refractivity contribution in [3.63, 3.8) is 0 Å². The molecule has 1 aliphatic heterocycles. The minimum atomic E-state index is -0.590. The number of carbonyl (C=O) groups excluding carboxylic acids is 2. The van der Waals surface area contributed by atoms with Gasteiger partial charge in [-0.3, -0.25) is 4.79 Å². The average molecular weight is 543 g/mol. The maximum atomic E-state index is 12.8. The smallest absolute Gasteiger partial charge is 0.333 e. The van der Waals surface area contributed by atoms with Gasteiger partial charge in [-0.05, 0) is 59.7 Å². The fraction of sp³-hybridized carbons (Fsp3) is 0.0435. The van der Waals surface area contributed by atoms with Gasteiger partial charge in [0, 0.05) is 5.02 Å². The molecule has 1 N–H and O–H groups in total. The van der Waals surface area contributed by atoms with Crippen molar-refractivity contribution in [1.82, 2.24) is 5.32 Å². The van der Waals surface area contributed by atoms with Crippen LogP contribution in [0.1, 0.15) is 11.1 Å². The minimum Gasteiger partial charge on any atom is -0.486 e. The second-order valence-electron chi connectivity index (χ2n) is 6.96. The van der Waals surface area contributed by atoms with E-state index < -0.39 is 11.9 Å². The van der Waals surface area contributed by atoms with Crippen molar-refractivity contribution in [3.05, 3.63) is 96.5 Å². The Bertz CT molecular complexity index is 1290. The van der Waals surface area contributed by atoms with Crippen molar-refractivity contribution in [2.24, 2.45) is 0 Å². The van der Waals surface area contributed by atoms with E-state index in [0.29, 0.717) is 26.3 Å². The number of imide groups is 1. The number of nitrogens with one attached hydrogen (secondary N) is 1. The number of urea groups is 1. The summed E-state index contributed by atoms with van der Waals surface area (Å²) in [4.78, 5) is 26.2. The van der Waals surface area contributed by atoms with E-state index in [1.54, 1.807) is 48.5 Å². The van der Waals surface area contributed by atoms with E-state index in [-0.39, 0.29) is 28.1 Å². The molecule has 1 saturated heterocycles. The fourth-order valence-corrected chi connectivity index (χ4v) is 4.26. The van der Waals surface area contributed by atoms with Gasteiger partial charge in [0.25, 0.3) is 5.91 Å². The molecule has 1 aliphatic rings. The number of hydrogen-bond acceptors (Lipinski definition) is 3. The number of nitrogens with zero attached hydrogens (tertiary/aromatic N) is 1. The van der Waals surface area contributed by atoms with Gasteiger partial charge in [-0.1, -0.05) is 70.1 Å². The predicted octanol–water partition coefficient (Wildman–Crippen LogP) is 7.63. The van der Waals surface area contributed by atoms with E-state index >= 15 is 0 Å². The second-order valence-corrected chi connectivity index (χ2v) is 9.02. The highest BCUT2D eigenvalue weighted by Gasteiger charge is 2.35. The maximum Gasteiger partial charge on any atom is 0.333 e. The summed E-state index contributed by atoms with van der Waals surface area (Å²) in [5.74, 6) is -0.261. The zero-order chi connectivity index (χ0) is 23.7. The van der Waals surface area contributed by atoms with Crippen LogP contribution < -0.4 is 15.0 Å². The van der Waals surface area contributed by atoms with E-state index in [1.807, 2.05) is 0 Å². The summed E-state index contributed by atoms with van der Waals surface area (Å²) in [6.45, 7) is 0.167. The first-order valence-corrected chi connectivity index (χ1v) is 11.3. The Balaban J connectivity index is 1.54. The molecule has 0 radical (unpaired) electrons. The standard InChI is InChI=1S/C23H13Cl5N2O3/c24-14-2-1-3-15(10-14)30-22(31)20(29-23(30)32)9-13-7-18(27)21(19(28)8-13)33-11-12-4-5-16(25)17(26)6-12/h1-10H,11H2,(H,29,32)/b20-9+. The summed E-state index contributed by atoms with van der Waals surface area (Å²) in [6, 6.07) is 14.1. The van der Waals surface area contributed by atoms with E-state index in [9.17, 15) is 9.59 Å². The highest BCUT2D eigenvalue weighted by molar-refractivity contribution is 6.42. The van der Waals surface area contributed by atoms with Crippen LogP contribution in [-0.4, -0.2) is 11.9 Å². The van der Waals surface area contributed by atoms with E-state index in [4.69, 9.17) is 62.7 Å². The highest BCUT2D eigenvalue weighted by atomic mass is 35.5. The molecule has 3 amide bonds. The van der Waals surface area contributed by atoms with Gasteiger partial charge >= 0.3 is 6.03 Å². The van der Waals surface area contributed by atoms with Crippen molar-refractivity contribution in [3.8, 4) is 5.75 Å². The number of rotatable bonds is 5. The van der Waals surface area contributed by atoms with Crippen LogP contribution in [0, 0.1) is 0 Å². The topological polar surface area (TPSA) is 58.6 Å². The summed E-state index contributed by atoms with van der Waals surface area (Å²) in [5.41, 5.74) is 1.71. The molecule has 0 spiro atoms. The normalized spacial score (nSPS) is 14.7. The average Bonchev–Trinajstić information content (AvgIpc) is 3.02. The third kappa shape index (κ3) is 5.24. The maximum absolute atomic E-state index is 12.8. The van der Waals surface area contributed by atoms with Crippen LogP contribution in [-0.2, 0) is 11.4 Å². The molecule has 1 fully saturated rings. The van der Waals surface area contributed by atoms with Crippen LogP contribution >= 0.6 is 58.0 Å². The summed E-state index contributed by atoms with van der Waals surface area (Å²) in [5, 5.41) is 4.27. The molecule has 3 aromatic carbocycles. The van der Waals surface area contributed by atoms with Gasteiger partial charge in [-0.2, -0.15) is 0 Å².